The number of amides is 1. The van der Waals surface area contributed by atoms with Gasteiger partial charge in [0, 0.05) is 12.1 Å². The van der Waals surface area contributed by atoms with Crippen LogP contribution in [0.5, 0.6) is 5.75 Å². The second-order valence-electron chi connectivity index (χ2n) is 5.54. The molecule has 6 heteroatoms. The molecule has 0 unspecified atom stereocenters. The molecular weight excluding hydrogens is 346 g/mol. The molecule has 1 amide bonds. The van der Waals surface area contributed by atoms with E-state index in [1.807, 2.05) is 66.7 Å². The summed E-state index contributed by atoms with van der Waals surface area (Å²) in [5, 5.41) is 12.0. The lowest BCUT2D eigenvalue weighted by atomic mass is 10.1. The Morgan fingerprint density at radius 2 is 1.88 bits per heavy atom. The molecule has 0 spiro atoms. The van der Waals surface area contributed by atoms with E-state index in [4.69, 9.17) is 4.74 Å². The Morgan fingerprint density at radius 1 is 1.04 bits per heavy atom. The SMILES string of the molecule is COc1cccc(CNC(=O)CSc2ccc(-c3ccccc3)nn2)c1. The molecule has 0 aliphatic rings. The van der Waals surface area contributed by atoms with Crippen LogP contribution < -0.4 is 10.1 Å². The Kier molecular flexibility index (Phi) is 6.22. The minimum absolute atomic E-state index is 0.0493. The summed E-state index contributed by atoms with van der Waals surface area (Å²) in [4.78, 5) is 12.0. The molecule has 2 aromatic carbocycles. The van der Waals surface area contributed by atoms with Crippen LogP contribution in [-0.2, 0) is 11.3 Å². The number of nitrogens with zero attached hydrogens (tertiary/aromatic N) is 2. The van der Waals surface area contributed by atoms with Crippen molar-refractivity contribution in [2.24, 2.45) is 0 Å². The van der Waals surface area contributed by atoms with E-state index in [9.17, 15) is 4.79 Å². The maximum absolute atomic E-state index is 12.0. The highest BCUT2D eigenvalue weighted by Gasteiger charge is 2.06. The van der Waals surface area contributed by atoms with Crippen LogP contribution in [0.2, 0.25) is 0 Å². The van der Waals surface area contributed by atoms with Crippen molar-refractivity contribution in [2.45, 2.75) is 11.6 Å². The molecule has 1 N–H and O–H groups in total. The number of thioether (sulfide) groups is 1. The van der Waals surface area contributed by atoms with Gasteiger partial charge in [-0.1, -0.05) is 54.2 Å². The lowest BCUT2D eigenvalue weighted by molar-refractivity contribution is -0.118. The van der Waals surface area contributed by atoms with Gasteiger partial charge >= 0.3 is 0 Å². The molecule has 0 fully saturated rings. The van der Waals surface area contributed by atoms with Gasteiger partial charge in [-0.05, 0) is 29.8 Å². The molecule has 0 aliphatic heterocycles. The normalized spacial score (nSPS) is 10.3. The number of hydrogen-bond donors (Lipinski definition) is 1. The zero-order chi connectivity index (χ0) is 18.2. The summed E-state index contributed by atoms with van der Waals surface area (Å²) in [5.74, 6) is 1.02. The monoisotopic (exact) mass is 365 g/mol. The maximum Gasteiger partial charge on any atom is 0.230 e. The fourth-order valence-electron chi connectivity index (χ4n) is 2.33. The Hall–Kier alpha value is -2.86. The van der Waals surface area contributed by atoms with Crippen molar-refractivity contribution in [3.63, 3.8) is 0 Å². The van der Waals surface area contributed by atoms with E-state index in [0.29, 0.717) is 12.3 Å². The fraction of sp³-hybridized carbons (Fsp3) is 0.150. The first kappa shape index (κ1) is 17.9. The second-order valence-corrected chi connectivity index (χ2v) is 6.54. The van der Waals surface area contributed by atoms with E-state index in [2.05, 4.69) is 15.5 Å². The van der Waals surface area contributed by atoms with Gasteiger partial charge < -0.3 is 10.1 Å². The Labute approximate surface area is 156 Å². The van der Waals surface area contributed by atoms with Gasteiger partial charge in [-0.25, -0.2) is 0 Å². The van der Waals surface area contributed by atoms with Crippen LogP contribution in [0.3, 0.4) is 0 Å². The van der Waals surface area contributed by atoms with Crippen molar-refractivity contribution in [3.8, 4) is 17.0 Å². The second kappa shape index (κ2) is 9.01. The van der Waals surface area contributed by atoms with Crippen molar-refractivity contribution in [1.82, 2.24) is 15.5 Å². The number of benzene rings is 2. The molecule has 3 rings (SSSR count). The topological polar surface area (TPSA) is 64.1 Å². The van der Waals surface area contributed by atoms with E-state index >= 15 is 0 Å². The average molecular weight is 365 g/mol. The number of carbonyl (C=O) groups excluding carboxylic acids is 1. The number of methoxy groups -OCH3 is 1. The molecule has 0 radical (unpaired) electrons. The summed E-state index contributed by atoms with van der Waals surface area (Å²) in [6, 6.07) is 21.3. The Bertz CT molecular complexity index is 854. The summed E-state index contributed by atoms with van der Waals surface area (Å²) in [6.07, 6.45) is 0. The third kappa shape index (κ3) is 5.07. The predicted octanol–water partition coefficient (Wildman–Crippen LogP) is 3.56. The van der Waals surface area contributed by atoms with Crippen molar-refractivity contribution in [3.05, 3.63) is 72.3 Å². The van der Waals surface area contributed by atoms with Gasteiger partial charge in [0.05, 0.1) is 18.6 Å². The molecule has 0 atom stereocenters. The molecule has 132 valence electrons. The highest BCUT2D eigenvalue weighted by molar-refractivity contribution is 7.99. The highest BCUT2D eigenvalue weighted by Crippen LogP contribution is 2.19. The largest absolute Gasteiger partial charge is 0.497 e. The van der Waals surface area contributed by atoms with E-state index < -0.39 is 0 Å². The van der Waals surface area contributed by atoms with E-state index in [1.165, 1.54) is 11.8 Å². The fourth-order valence-corrected chi connectivity index (χ4v) is 2.98. The average Bonchev–Trinajstić information content (AvgIpc) is 2.72. The first-order valence-electron chi connectivity index (χ1n) is 8.16. The van der Waals surface area contributed by atoms with E-state index in [-0.39, 0.29) is 5.91 Å². The van der Waals surface area contributed by atoms with Crippen LogP contribution in [0.15, 0.2) is 71.8 Å². The predicted molar refractivity (Wildman–Crippen MR) is 103 cm³/mol. The zero-order valence-electron chi connectivity index (χ0n) is 14.4. The van der Waals surface area contributed by atoms with Crippen LogP contribution in [0, 0.1) is 0 Å². The van der Waals surface area contributed by atoms with Gasteiger partial charge in [0.2, 0.25) is 5.91 Å². The van der Waals surface area contributed by atoms with Crippen LogP contribution in [0.1, 0.15) is 5.56 Å². The lowest BCUT2D eigenvalue weighted by Crippen LogP contribution is -2.24. The van der Waals surface area contributed by atoms with Gasteiger partial charge in [0.1, 0.15) is 10.8 Å². The van der Waals surface area contributed by atoms with E-state index in [0.717, 1.165) is 27.6 Å². The molecule has 26 heavy (non-hydrogen) atoms. The molecule has 1 aromatic heterocycles. The molecule has 0 saturated heterocycles. The number of carbonyl (C=O) groups is 1. The Balaban J connectivity index is 1.48. The number of rotatable bonds is 7. The van der Waals surface area contributed by atoms with Crippen LogP contribution in [0.25, 0.3) is 11.3 Å². The molecule has 0 bridgehead atoms. The molecule has 1 heterocycles. The Morgan fingerprint density at radius 3 is 2.62 bits per heavy atom. The van der Waals surface area contributed by atoms with Gasteiger partial charge in [0.15, 0.2) is 0 Å². The highest BCUT2D eigenvalue weighted by atomic mass is 32.2. The summed E-state index contributed by atoms with van der Waals surface area (Å²) >= 11 is 1.36. The smallest absolute Gasteiger partial charge is 0.230 e. The van der Waals surface area contributed by atoms with Gasteiger partial charge in [-0.3, -0.25) is 4.79 Å². The number of aromatic nitrogens is 2. The third-order valence-electron chi connectivity index (χ3n) is 3.68. The van der Waals surface area contributed by atoms with Crippen molar-refractivity contribution >= 4 is 17.7 Å². The maximum atomic E-state index is 12.0. The standard InChI is InChI=1S/C20H19N3O2S/c1-25-17-9-5-6-15(12-17)13-21-19(24)14-26-20-11-10-18(22-23-20)16-7-3-2-4-8-16/h2-12H,13-14H2,1H3,(H,21,24). The minimum atomic E-state index is -0.0493. The summed E-state index contributed by atoms with van der Waals surface area (Å²) in [5.41, 5.74) is 2.83. The first-order chi connectivity index (χ1) is 12.7. The first-order valence-corrected chi connectivity index (χ1v) is 9.15. The van der Waals surface area contributed by atoms with Gasteiger partial charge in [0.25, 0.3) is 0 Å². The number of nitrogens with one attached hydrogen (secondary N) is 1. The summed E-state index contributed by atoms with van der Waals surface area (Å²) in [6.45, 7) is 0.467. The minimum Gasteiger partial charge on any atom is -0.497 e. The summed E-state index contributed by atoms with van der Waals surface area (Å²) in [7, 11) is 1.62. The van der Waals surface area contributed by atoms with Crippen LogP contribution in [0.4, 0.5) is 0 Å². The summed E-state index contributed by atoms with van der Waals surface area (Å²) < 4.78 is 5.18. The molecule has 0 saturated carbocycles. The number of ether oxygens (including phenoxy) is 1. The quantitative estimate of drug-likeness (QED) is 0.649. The van der Waals surface area contributed by atoms with Crippen molar-refractivity contribution in [2.75, 3.05) is 12.9 Å². The molecule has 3 aromatic rings. The molecule has 0 aliphatic carbocycles. The van der Waals surface area contributed by atoms with Gasteiger partial charge in [-0.15, -0.1) is 10.2 Å². The van der Waals surface area contributed by atoms with Crippen LogP contribution in [-0.4, -0.2) is 29.0 Å². The van der Waals surface area contributed by atoms with Crippen LogP contribution >= 0.6 is 11.8 Å². The van der Waals surface area contributed by atoms with Crippen molar-refractivity contribution in [1.29, 1.82) is 0 Å². The van der Waals surface area contributed by atoms with E-state index in [1.54, 1.807) is 7.11 Å². The number of hydrogen-bond acceptors (Lipinski definition) is 5. The molecule has 5 nitrogen and oxygen atoms in total. The van der Waals surface area contributed by atoms with Crippen molar-refractivity contribution < 1.29 is 9.53 Å². The zero-order valence-corrected chi connectivity index (χ0v) is 15.2. The lowest BCUT2D eigenvalue weighted by Gasteiger charge is -2.07. The third-order valence-corrected chi connectivity index (χ3v) is 4.60. The molecular formula is C20H19N3O2S. The van der Waals surface area contributed by atoms with Gasteiger partial charge in [-0.2, -0.15) is 0 Å².